The molecule has 0 aliphatic heterocycles. The van der Waals surface area contributed by atoms with Gasteiger partial charge in [-0.3, -0.25) is 4.79 Å². The van der Waals surface area contributed by atoms with Crippen molar-refractivity contribution in [1.82, 2.24) is 9.62 Å². The second kappa shape index (κ2) is 7.56. The molecule has 21 heavy (non-hydrogen) atoms. The number of rotatable bonds is 7. The number of nitrogens with one attached hydrogen (secondary N) is 1. The van der Waals surface area contributed by atoms with Crippen LogP contribution in [0.3, 0.4) is 0 Å². The molecule has 1 atom stereocenters. The molecule has 1 N–H and O–H groups in total. The Labute approximate surface area is 127 Å². The van der Waals surface area contributed by atoms with Crippen LogP contribution in [0.4, 0.5) is 0 Å². The molecule has 1 amide bonds. The smallest absolute Gasteiger partial charge is 0.235 e. The van der Waals surface area contributed by atoms with Gasteiger partial charge < -0.3 is 5.32 Å². The zero-order chi connectivity index (χ0) is 16.0. The van der Waals surface area contributed by atoms with Crippen molar-refractivity contribution in [1.29, 1.82) is 0 Å². The summed E-state index contributed by atoms with van der Waals surface area (Å²) < 4.78 is 24.7. The van der Waals surface area contributed by atoms with Gasteiger partial charge in [0.15, 0.2) is 0 Å². The van der Waals surface area contributed by atoms with Crippen LogP contribution < -0.4 is 5.32 Å². The molecule has 5 nitrogen and oxygen atoms in total. The Hall–Kier alpha value is -1.40. The third-order valence-corrected chi connectivity index (χ3v) is 4.72. The molecule has 1 rings (SSSR count). The van der Waals surface area contributed by atoms with Crippen LogP contribution in [0.2, 0.25) is 0 Å². The molecule has 0 aliphatic carbocycles. The lowest BCUT2D eigenvalue weighted by atomic mass is 10.1. The summed E-state index contributed by atoms with van der Waals surface area (Å²) in [5.41, 5.74) is 2.12. The van der Waals surface area contributed by atoms with Crippen molar-refractivity contribution in [3.63, 3.8) is 0 Å². The lowest BCUT2D eigenvalue weighted by molar-refractivity contribution is -0.121. The van der Waals surface area contributed by atoms with Crippen LogP contribution in [0.15, 0.2) is 24.3 Å². The van der Waals surface area contributed by atoms with Crippen LogP contribution in [-0.4, -0.2) is 37.5 Å². The molecule has 1 unspecified atom stereocenters. The van der Waals surface area contributed by atoms with Gasteiger partial charge in [0.25, 0.3) is 0 Å². The second-order valence-electron chi connectivity index (χ2n) is 5.33. The van der Waals surface area contributed by atoms with Gasteiger partial charge in [-0.2, -0.15) is 4.31 Å². The van der Waals surface area contributed by atoms with E-state index >= 15 is 0 Å². The number of benzene rings is 1. The van der Waals surface area contributed by atoms with Crippen LogP contribution in [0.1, 0.15) is 31.4 Å². The first kappa shape index (κ1) is 17.7. The predicted molar refractivity (Wildman–Crippen MR) is 84.3 cm³/mol. The van der Waals surface area contributed by atoms with Crippen LogP contribution in [0.5, 0.6) is 0 Å². The Morgan fingerprint density at radius 3 is 2.57 bits per heavy atom. The van der Waals surface area contributed by atoms with E-state index in [1.165, 1.54) is 4.31 Å². The molecule has 0 aliphatic rings. The summed E-state index contributed by atoms with van der Waals surface area (Å²) in [5.74, 6) is -0.290. The first-order valence-electron chi connectivity index (χ1n) is 7.03. The molecule has 118 valence electrons. The largest absolute Gasteiger partial charge is 0.351 e. The van der Waals surface area contributed by atoms with E-state index in [1.54, 1.807) is 6.92 Å². The van der Waals surface area contributed by atoms with Gasteiger partial charge in [-0.1, -0.05) is 36.8 Å². The van der Waals surface area contributed by atoms with Crippen molar-refractivity contribution < 1.29 is 13.2 Å². The summed E-state index contributed by atoms with van der Waals surface area (Å²) in [5, 5.41) is 2.76. The van der Waals surface area contributed by atoms with E-state index in [1.807, 2.05) is 38.1 Å². The number of carbonyl (C=O) groups is 1. The molecule has 0 aromatic heterocycles. The quantitative estimate of drug-likeness (QED) is 0.833. The third kappa shape index (κ3) is 5.85. The molecule has 0 heterocycles. The van der Waals surface area contributed by atoms with Gasteiger partial charge in [-0.25, -0.2) is 8.42 Å². The average molecular weight is 312 g/mol. The zero-order valence-electron chi connectivity index (χ0n) is 13.1. The minimum Gasteiger partial charge on any atom is -0.351 e. The van der Waals surface area contributed by atoms with Gasteiger partial charge >= 0.3 is 0 Å². The van der Waals surface area contributed by atoms with Gasteiger partial charge in [0.2, 0.25) is 15.9 Å². The van der Waals surface area contributed by atoms with Gasteiger partial charge in [0.05, 0.1) is 12.8 Å². The first-order valence-corrected chi connectivity index (χ1v) is 8.88. The maximum absolute atomic E-state index is 12.0. The van der Waals surface area contributed by atoms with Gasteiger partial charge in [0.1, 0.15) is 0 Å². The molecular formula is C15H24N2O3S. The average Bonchev–Trinajstić information content (AvgIpc) is 2.40. The molecule has 0 bridgehead atoms. The lowest BCUT2D eigenvalue weighted by Crippen LogP contribution is -2.44. The number of hydrogen-bond donors (Lipinski definition) is 1. The van der Waals surface area contributed by atoms with Gasteiger partial charge in [0, 0.05) is 12.6 Å². The van der Waals surface area contributed by atoms with Crippen LogP contribution in [0, 0.1) is 6.92 Å². The molecule has 0 saturated carbocycles. The van der Waals surface area contributed by atoms with Crippen molar-refractivity contribution in [2.75, 3.05) is 12.8 Å². The summed E-state index contributed by atoms with van der Waals surface area (Å²) in [6.07, 6.45) is 1.80. The highest BCUT2D eigenvalue weighted by molar-refractivity contribution is 7.88. The predicted octanol–water partition coefficient (Wildman–Crippen LogP) is 1.67. The van der Waals surface area contributed by atoms with E-state index in [-0.39, 0.29) is 18.5 Å². The van der Waals surface area contributed by atoms with E-state index in [4.69, 9.17) is 0 Å². The number of sulfonamides is 1. The first-order chi connectivity index (χ1) is 9.74. The van der Waals surface area contributed by atoms with E-state index in [0.717, 1.165) is 17.4 Å². The highest BCUT2D eigenvalue weighted by Crippen LogP contribution is 2.08. The van der Waals surface area contributed by atoms with Crippen LogP contribution >= 0.6 is 0 Å². The standard InChI is InChI=1S/C15H24N2O3S/c1-5-13(3)17(21(4,19)20)11-15(18)16-10-14-8-6-7-12(2)9-14/h6-9,13H,5,10-11H2,1-4H3,(H,16,18). The number of aryl methyl sites for hydroxylation is 1. The summed E-state index contributed by atoms with van der Waals surface area (Å²) in [6.45, 7) is 5.94. The molecule has 1 aromatic rings. The van der Waals surface area contributed by atoms with Gasteiger partial charge in [-0.15, -0.1) is 0 Å². The molecule has 0 saturated heterocycles. The number of amides is 1. The van der Waals surface area contributed by atoms with Crippen LogP contribution in [-0.2, 0) is 21.4 Å². The minimum atomic E-state index is -3.39. The highest BCUT2D eigenvalue weighted by atomic mass is 32.2. The van der Waals surface area contributed by atoms with Crippen molar-refractivity contribution in [3.05, 3.63) is 35.4 Å². The summed E-state index contributed by atoms with van der Waals surface area (Å²) in [4.78, 5) is 12.0. The van der Waals surface area contributed by atoms with Crippen molar-refractivity contribution in [3.8, 4) is 0 Å². The van der Waals surface area contributed by atoms with E-state index in [2.05, 4.69) is 5.32 Å². The number of hydrogen-bond acceptors (Lipinski definition) is 3. The second-order valence-corrected chi connectivity index (χ2v) is 7.27. The fraction of sp³-hybridized carbons (Fsp3) is 0.533. The Bertz CT molecular complexity index is 584. The maximum atomic E-state index is 12.0. The fourth-order valence-corrected chi connectivity index (χ4v) is 3.18. The Morgan fingerprint density at radius 1 is 1.38 bits per heavy atom. The van der Waals surface area contributed by atoms with E-state index in [0.29, 0.717) is 13.0 Å². The lowest BCUT2D eigenvalue weighted by Gasteiger charge is -2.25. The highest BCUT2D eigenvalue weighted by Gasteiger charge is 2.24. The van der Waals surface area contributed by atoms with Crippen molar-refractivity contribution in [2.24, 2.45) is 0 Å². The molecular weight excluding hydrogens is 288 g/mol. The van der Waals surface area contributed by atoms with Gasteiger partial charge in [-0.05, 0) is 25.8 Å². The summed E-state index contributed by atoms with van der Waals surface area (Å²) in [7, 11) is -3.39. The third-order valence-electron chi connectivity index (χ3n) is 3.38. The summed E-state index contributed by atoms with van der Waals surface area (Å²) >= 11 is 0. The Kier molecular flexibility index (Phi) is 6.36. The normalized spacial score (nSPS) is 13.2. The maximum Gasteiger partial charge on any atom is 0.235 e. The Morgan fingerprint density at radius 2 is 2.05 bits per heavy atom. The number of carbonyl (C=O) groups excluding carboxylic acids is 1. The van der Waals surface area contributed by atoms with E-state index in [9.17, 15) is 13.2 Å². The number of nitrogens with zero attached hydrogens (tertiary/aromatic N) is 1. The topological polar surface area (TPSA) is 66.5 Å². The molecule has 6 heteroatoms. The molecule has 1 aromatic carbocycles. The van der Waals surface area contributed by atoms with Crippen LogP contribution in [0.25, 0.3) is 0 Å². The van der Waals surface area contributed by atoms with E-state index < -0.39 is 10.0 Å². The molecule has 0 radical (unpaired) electrons. The summed E-state index contributed by atoms with van der Waals surface area (Å²) in [6, 6.07) is 7.64. The van der Waals surface area contributed by atoms with Crippen molar-refractivity contribution in [2.45, 2.75) is 39.8 Å². The fourth-order valence-electron chi connectivity index (χ4n) is 2.02. The molecule has 0 spiro atoms. The monoisotopic (exact) mass is 312 g/mol. The minimum absolute atomic E-state index is 0.139. The molecule has 0 fully saturated rings. The Balaban J connectivity index is 2.63. The SMILES string of the molecule is CCC(C)N(CC(=O)NCc1cccc(C)c1)S(C)(=O)=O. The zero-order valence-corrected chi connectivity index (χ0v) is 13.9. The van der Waals surface area contributed by atoms with Crippen molar-refractivity contribution >= 4 is 15.9 Å².